The number of aliphatic imine (C=N–C) groups is 1. The number of hydrogen-bond acceptors (Lipinski definition) is 3. The predicted molar refractivity (Wildman–Crippen MR) is 101 cm³/mol. The number of rotatable bonds is 9. The minimum atomic E-state index is -0.00104. The molecule has 1 atom stereocenters. The third kappa shape index (κ3) is 6.38. The summed E-state index contributed by atoms with van der Waals surface area (Å²) in [5.41, 5.74) is 1.09. The van der Waals surface area contributed by atoms with Gasteiger partial charge >= 0.3 is 0 Å². The number of carbonyl (C=O) groups is 1. The van der Waals surface area contributed by atoms with Gasteiger partial charge in [-0.3, -0.25) is 9.79 Å². The quantitative estimate of drug-likeness (QED) is 0.358. The molecule has 1 heterocycles. The van der Waals surface area contributed by atoms with E-state index >= 15 is 0 Å². The molecule has 0 saturated carbocycles. The molecule has 1 aliphatic heterocycles. The molecule has 1 fully saturated rings. The van der Waals surface area contributed by atoms with Gasteiger partial charge in [0.15, 0.2) is 5.96 Å². The third-order valence-corrected chi connectivity index (χ3v) is 4.37. The van der Waals surface area contributed by atoms with Gasteiger partial charge in [-0.1, -0.05) is 30.3 Å². The standard InChI is InChI=1S/C19H30N4O2/c1-2-20-19(21-11-7-13-23-12-6-10-18(23)25)22-14-17(15-24)16-8-4-3-5-9-16/h3-5,8-9,17,24H,2,6-7,10-15H2,1H3,(H2,20,21,22). The van der Waals surface area contributed by atoms with E-state index in [1.165, 1.54) is 0 Å². The van der Waals surface area contributed by atoms with Crippen molar-refractivity contribution in [3.05, 3.63) is 35.9 Å². The fraction of sp³-hybridized carbons (Fsp3) is 0.579. The molecule has 138 valence electrons. The van der Waals surface area contributed by atoms with Gasteiger partial charge in [-0.15, -0.1) is 0 Å². The maximum absolute atomic E-state index is 11.6. The van der Waals surface area contributed by atoms with Gasteiger partial charge < -0.3 is 20.6 Å². The Morgan fingerprint density at radius 3 is 2.76 bits per heavy atom. The summed E-state index contributed by atoms with van der Waals surface area (Å²) in [5.74, 6) is 1.03. The largest absolute Gasteiger partial charge is 0.396 e. The lowest BCUT2D eigenvalue weighted by Crippen LogP contribution is -2.39. The first-order chi connectivity index (χ1) is 12.2. The molecule has 6 nitrogen and oxygen atoms in total. The Morgan fingerprint density at radius 1 is 1.32 bits per heavy atom. The van der Waals surface area contributed by atoms with Crippen LogP contribution in [0.5, 0.6) is 0 Å². The lowest BCUT2D eigenvalue weighted by Gasteiger charge is -2.17. The summed E-state index contributed by atoms with van der Waals surface area (Å²) in [6, 6.07) is 9.96. The molecule has 1 aromatic carbocycles. The van der Waals surface area contributed by atoms with E-state index in [0.717, 1.165) is 50.5 Å². The molecule has 1 saturated heterocycles. The van der Waals surface area contributed by atoms with Crippen LogP contribution in [0, 0.1) is 0 Å². The Hall–Kier alpha value is -2.08. The van der Waals surface area contributed by atoms with E-state index in [2.05, 4.69) is 15.6 Å². The molecule has 25 heavy (non-hydrogen) atoms. The molecular weight excluding hydrogens is 316 g/mol. The van der Waals surface area contributed by atoms with Crippen LogP contribution in [0.4, 0.5) is 0 Å². The average molecular weight is 346 g/mol. The fourth-order valence-corrected chi connectivity index (χ4v) is 2.95. The van der Waals surface area contributed by atoms with Gasteiger partial charge in [0, 0.05) is 38.5 Å². The lowest BCUT2D eigenvalue weighted by molar-refractivity contribution is -0.127. The van der Waals surface area contributed by atoms with E-state index in [-0.39, 0.29) is 18.4 Å². The van der Waals surface area contributed by atoms with Gasteiger partial charge in [0.2, 0.25) is 5.91 Å². The topological polar surface area (TPSA) is 77.0 Å². The molecule has 2 rings (SSSR count). The second kappa shape index (κ2) is 10.7. The molecular formula is C19H30N4O2. The van der Waals surface area contributed by atoms with Gasteiger partial charge in [-0.05, 0) is 25.3 Å². The molecule has 0 radical (unpaired) electrons. The molecule has 0 aromatic heterocycles. The molecule has 1 unspecified atom stereocenters. The Labute approximate surface area is 150 Å². The third-order valence-electron chi connectivity index (χ3n) is 4.37. The van der Waals surface area contributed by atoms with Crippen molar-refractivity contribution in [2.24, 2.45) is 4.99 Å². The number of likely N-dealkylation sites (tertiary alicyclic amines) is 1. The number of nitrogens with zero attached hydrogens (tertiary/aromatic N) is 2. The van der Waals surface area contributed by atoms with Crippen molar-refractivity contribution in [1.82, 2.24) is 15.5 Å². The van der Waals surface area contributed by atoms with Crippen LogP contribution in [0.15, 0.2) is 35.3 Å². The number of guanidine groups is 1. The van der Waals surface area contributed by atoms with Crippen molar-refractivity contribution < 1.29 is 9.90 Å². The van der Waals surface area contributed by atoms with Crippen LogP contribution in [0.2, 0.25) is 0 Å². The smallest absolute Gasteiger partial charge is 0.222 e. The number of hydrogen-bond donors (Lipinski definition) is 3. The zero-order chi connectivity index (χ0) is 17.9. The van der Waals surface area contributed by atoms with Crippen LogP contribution in [0.3, 0.4) is 0 Å². The molecule has 0 spiro atoms. The van der Waals surface area contributed by atoms with Gasteiger partial charge in [0.05, 0.1) is 13.2 Å². The Morgan fingerprint density at radius 2 is 2.12 bits per heavy atom. The van der Waals surface area contributed by atoms with Gasteiger partial charge in [0.25, 0.3) is 0 Å². The summed E-state index contributed by atoms with van der Waals surface area (Å²) in [6.45, 7) is 5.87. The Balaban J connectivity index is 1.79. The maximum atomic E-state index is 11.6. The van der Waals surface area contributed by atoms with E-state index in [9.17, 15) is 9.90 Å². The van der Waals surface area contributed by atoms with E-state index in [4.69, 9.17) is 0 Å². The summed E-state index contributed by atoms with van der Waals surface area (Å²) >= 11 is 0. The van der Waals surface area contributed by atoms with Crippen LogP contribution in [-0.4, -0.2) is 61.2 Å². The molecule has 0 aliphatic carbocycles. The monoisotopic (exact) mass is 346 g/mol. The number of aliphatic hydroxyl groups excluding tert-OH is 1. The van der Waals surface area contributed by atoms with Gasteiger partial charge in [-0.2, -0.15) is 0 Å². The zero-order valence-corrected chi connectivity index (χ0v) is 15.1. The first kappa shape index (κ1) is 19.2. The molecule has 1 amide bonds. The highest BCUT2D eigenvalue weighted by atomic mass is 16.3. The highest BCUT2D eigenvalue weighted by Crippen LogP contribution is 2.15. The van der Waals surface area contributed by atoms with Crippen molar-refractivity contribution in [2.75, 3.05) is 39.3 Å². The van der Waals surface area contributed by atoms with E-state index in [1.54, 1.807) is 0 Å². The number of amides is 1. The van der Waals surface area contributed by atoms with Crippen LogP contribution in [-0.2, 0) is 4.79 Å². The van der Waals surface area contributed by atoms with Crippen molar-refractivity contribution in [3.8, 4) is 0 Å². The van der Waals surface area contributed by atoms with Crippen molar-refractivity contribution in [3.63, 3.8) is 0 Å². The lowest BCUT2D eigenvalue weighted by atomic mass is 10.0. The number of aliphatic hydroxyl groups is 1. The second-order valence-electron chi connectivity index (χ2n) is 6.27. The number of benzene rings is 1. The van der Waals surface area contributed by atoms with Gasteiger partial charge in [0.1, 0.15) is 0 Å². The predicted octanol–water partition coefficient (Wildman–Crippen LogP) is 1.33. The van der Waals surface area contributed by atoms with Crippen molar-refractivity contribution >= 4 is 11.9 Å². The fourth-order valence-electron chi connectivity index (χ4n) is 2.95. The minimum absolute atomic E-state index is 0.00104. The van der Waals surface area contributed by atoms with Crippen molar-refractivity contribution in [1.29, 1.82) is 0 Å². The highest BCUT2D eigenvalue weighted by Gasteiger charge is 2.19. The maximum Gasteiger partial charge on any atom is 0.222 e. The summed E-state index contributed by atoms with van der Waals surface area (Å²) in [6.07, 6.45) is 2.58. The minimum Gasteiger partial charge on any atom is -0.396 e. The first-order valence-electron chi connectivity index (χ1n) is 9.20. The number of carbonyl (C=O) groups excluding carboxylic acids is 1. The molecule has 3 N–H and O–H groups in total. The molecule has 1 aromatic rings. The molecule has 6 heteroatoms. The normalized spacial score (nSPS) is 16.2. The summed E-state index contributed by atoms with van der Waals surface area (Å²) in [5, 5.41) is 16.2. The highest BCUT2D eigenvalue weighted by molar-refractivity contribution is 5.80. The zero-order valence-electron chi connectivity index (χ0n) is 15.1. The molecule has 0 bridgehead atoms. The molecule has 1 aliphatic rings. The van der Waals surface area contributed by atoms with Crippen LogP contribution in [0.1, 0.15) is 37.7 Å². The SMILES string of the molecule is CCNC(=NCC(CO)c1ccccc1)NCCCN1CCCC1=O. The summed E-state index contributed by atoms with van der Waals surface area (Å²) in [7, 11) is 0. The first-order valence-corrected chi connectivity index (χ1v) is 9.20. The van der Waals surface area contributed by atoms with Gasteiger partial charge in [-0.25, -0.2) is 0 Å². The Bertz CT molecular complexity index is 548. The van der Waals surface area contributed by atoms with E-state index in [0.29, 0.717) is 13.0 Å². The summed E-state index contributed by atoms with van der Waals surface area (Å²) < 4.78 is 0. The van der Waals surface area contributed by atoms with Crippen LogP contribution in [0.25, 0.3) is 0 Å². The van der Waals surface area contributed by atoms with E-state index in [1.807, 2.05) is 42.2 Å². The van der Waals surface area contributed by atoms with Crippen LogP contribution >= 0.6 is 0 Å². The van der Waals surface area contributed by atoms with E-state index < -0.39 is 0 Å². The summed E-state index contributed by atoms with van der Waals surface area (Å²) in [4.78, 5) is 18.1. The van der Waals surface area contributed by atoms with Crippen LogP contribution < -0.4 is 10.6 Å². The average Bonchev–Trinajstić information content (AvgIpc) is 3.05. The van der Waals surface area contributed by atoms with Crippen molar-refractivity contribution in [2.45, 2.75) is 32.1 Å². The second-order valence-corrected chi connectivity index (χ2v) is 6.27. The number of nitrogens with one attached hydrogen (secondary N) is 2. The Kier molecular flexibility index (Phi) is 8.25.